The summed E-state index contributed by atoms with van der Waals surface area (Å²) < 4.78 is 0. The van der Waals surface area contributed by atoms with Gasteiger partial charge in [0.2, 0.25) is 5.91 Å². The van der Waals surface area contributed by atoms with Crippen LogP contribution in [0.5, 0.6) is 0 Å². The predicted octanol–water partition coefficient (Wildman–Crippen LogP) is -0.140. The van der Waals surface area contributed by atoms with E-state index in [4.69, 9.17) is 5.11 Å². The molecule has 0 bridgehead atoms. The molecule has 11 heavy (non-hydrogen) atoms. The molecular weight excluding hydrogens is 146 g/mol. The van der Waals surface area contributed by atoms with E-state index in [-0.39, 0.29) is 12.5 Å². The quantitative estimate of drug-likeness (QED) is 0.573. The van der Waals surface area contributed by atoms with Crippen molar-refractivity contribution in [2.24, 2.45) is 0 Å². The third-order valence-electron chi connectivity index (χ3n) is 1.64. The zero-order chi connectivity index (χ0) is 8.43. The molecule has 60 valence electrons. The minimum atomic E-state index is -0.936. The lowest BCUT2D eigenvalue weighted by atomic mass is 10.3. The number of amides is 1. The van der Waals surface area contributed by atoms with Gasteiger partial charge in [-0.1, -0.05) is 6.08 Å². The van der Waals surface area contributed by atoms with Crippen molar-refractivity contribution in [3.05, 3.63) is 11.6 Å². The number of nitrogens with zero attached hydrogens (tertiary/aromatic N) is 1. The van der Waals surface area contributed by atoms with E-state index in [1.807, 2.05) is 0 Å². The van der Waals surface area contributed by atoms with Crippen LogP contribution in [0.25, 0.3) is 0 Å². The van der Waals surface area contributed by atoms with Crippen molar-refractivity contribution in [3.63, 3.8) is 0 Å². The van der Waals surface area contributed by atoms with Crippen molar-refractivity contribution in [1.82, 2.24) is 4.90 Å². The first-order chi connectivity index (χ1) is 5.11. The van der Waals surface area contributed by atoms with Gasteiger partial charge in [-0.15, -0.1) is 0 Å². The van der Waals surface area contributed by atoms with Crippen molar-refractivity contribution >= 4 is 11.9 Å². The molecule has 1 N–H and O–H groups in total. The van der Waals surface area contributed by atoms with Crippen LogP contribution in [0.15, 0.2) is 11.6 Å². The van der Waals surface area contributed by atoms with Crippen molar-refractivity contribution in [3.8, 4) is 0 Å². The number of carbonyl (C=O) groups is 2. The predicted molar refractivity (Wildman–Crippen MR) is 38.0 cm³/mol. The number of hydrogen-bond donors (Lipinski definition) is 1. The highest BCUT2D eigenvalue weighted by Crippen LogP contribution is 2.08. The lowest BCUT2D eigenvalue weighted by Gasteiger charge is -2.11. The zero-order valence-electron chi connectivity index (χ0n) is 6.20. The number of carboxylic acid groups (broad SMARTS) is 1. The Hall–Kier alpha value is -1.32. The Balaban J connectivity index is 2.56. The highest BCUT2D eigenvalue weighted by Gasteiger charge is 2.20. The maximum absolute atomic E-state index is 10.7. The van der Waals surface area contributed by atoms with Crippen molar-refractivity contribution < 1.29 is 14.7 Å². The summed E-state index contributed by atoms with van der Waals surface area (Å²) in [6, 6.07) is 0. The fourth-order valence-corrected chi connectivity index (χ4v) is 0.950. The molecule has 0 radical (unpaired) electrons. The van der Waals surface area contributed by atoms with Gasteiger partial charge in [-0.05, 0) is 0 Å². The average Bonchev–Trinajstić information content (AvgIpc) is 2.33. The van der Waals surface area contributed by atoms with Gasteiger partial charge in [-0.3, -0.25) is 4.79 Å². The molecule has 1 rings (SSSR count). The molecule has 1 aliphatic rings. The van der Waals surface area contributed by atoms with Crippen molar-refractivity contribution in [2.75, 3.05) is 13.1 Å². The summed E-state index contributed by atoms with van der Waals surface area (Å²) >= 11 is 0. The summed E-state index contributed by atoms with van der Waals surface area (Å²) in [5.41, 5.74) is 0.306. The van der Waals surface area contributed by atoms with Crippen LogP contribution < -0.4 is 0 Å². The van der Waals surface area contributed by atoms with E-state index < -0.39 is 5.97 Å². The number of carbonyl (C=O) groups excluding carboxylic acids is 1. The molecule has 1 amide bonds. The fourth-order valence-electron chi connectivity index (χ4n) is 0.950. The molecule has 0 saturated carbocycles. The molecule has 1 heterocycles. The van der Waals surface area contributed by atoms with E-state index in [0.717, 1.165) is 0 Å². The van der Waals surface area contributed by atoms with Gasteiger partial charge >= 0.3 is 5.97 Å². The van der Waals surface area contributed by atoms with Crippen LogP contribution in [0.3, 0.4) is 0 Å². The Bertz CT molecular complexity index is 232. The van der Waals surface area contributed by atoms with Crippen LogP contribution in [-0.2, 0) is 9.59 Å². The maximum atomic E-state index is 10.7. The summed E-state index contributed by atoms with van der Waals surface area (Å²) in [5, 5.41) is 8.51. The lowest BCUT2D eigenvalue weighted by molar-refractivity contribution is -0.133. The van der Waals surface area contributed by atoms with E-state index in [2.05, 4.69) is 0 Å². The Morgan fingerprint density at radius 2 is 2.27 bits per heavy atom. The zero-order valence-corrected chi connectivity index (χ0v) is 6.20. The smallest absolute Gasteiger partial charge is 0.333 e. The summed E-state index contributed by atoms with van der Waals surface area (Å²) in [4.78, 5) is 22.6. The third-order valence-corrected chi connectivity index (χ3v) is 1.64. The van der Waals surface area contributed by atoms with Crippen LogP contribution in [0.2, 0.25) is 0 Å². The lowest BCUT2D eigenvalue weighted by Crippen LogP contribution is -2.27. The van der Waals surface area contributed by atoms with Gasteiger partial charge in [-0.25, -0.2) is 4.79 Å². The first kappa shape index (κ1) is 7.78. The fraction of sp³-hybridized carbons (Fsp3) is 0.429. The molecule has 0 unspecified atom stereocenters. The number of aliphatic carboxylic acids is 1. The third kappa shape index (κ3) is 1.58. The molecule has 0 aromatic heterocycles. The van der Waals surface area contributed by atoms with E-state index in [9.17, 15) is 9.59 Å². The second kappa shape index (κ2) is 2.74. The van der Waals surface area contributed by atoms with Gasteiger partial charge in [-0.2, -0.15) is 0 Å². The SMILES string of the molecule is CC(=O)N1CC=C(C(=O)O)C1. The van der Waals surface area contributed by atoms with Gasteiger partial charge < -0.3 is 10.0 Å². The van der Waals surface area contributed by atoms with Crippen molar-refractivity contribution in [1.29, 1.82) is 0 Å². The van der Waals surface area contributed by atoms with Crippen molar-refractivity contribution in [2.45, 2.75) is 6.92 Å². The topological polar surface area (TPSA) is 57.6 Å². The molecule has 0 saturated heterocycles. The number of rotatable bonds is 1. The normalized spacial score (nSPS) is 16.5. The molecule has 1 aliphatic heterocycles. The molecule has 4 heteroatoms. The van der Waals surface area contributed by atoms with E-state index in [1.54, 1.807) is 6.08 Å². The standard InChI is InChI=1S/C7H9NO3/c1-5(9)8-3-2-6(4-8)7(10)11/h2H,3-4H2,1H3,(H,10,11). The van der Waals surface area contributed by atoms with Gasteiger partial charge in [0.15, 0.2) is 0 Å². The average molecular weight is 155 g/mol. The van der Waals surface area contributed by atoms with Crippen LogP contribution in [0.1, 0.15) is 6.92 Å². The van der Waals surface area contributed by atoms with Gasteiger partial charge in [0, 0.05) is 13.5 Å². The molecule has 4 nitrogen and oxygen atoms in total. The summed E-state index contributed by atoms with van der Waals surface area (Å²) in [6.45, 7) is 2.10. The Labute approximate surface area is 64.1 Å². The van der Waals surface area contributed by atoms with E-state index in [1.165, 1.54) is 11.8 Å². The second-order valence-electron chi connectivity index (χ2n) is 2.43. The largest absolute Gasteiger partial charge is 0.478 e. The Morgan fingerprint density at radius 3 is 2.55 bits per heavy atom. The Morgan fingerprint density at radius 1 is 1.64 bits per heavy atom. The Kier molecular flexibility index (Phi) is 1.94. The van der Waals surface area contributed by atoms with Crippen LogP contribution >= 0.6 is 0 Å². The molecule has 0 spiro atoms. The molecule has 0 aromatic rings. The molecule has 0 atom stereocenters. The van der Waals surface area contributed by atoms with Gasteiger partial charge in [0.25, 0.3) is 0 Å². The van der Waals surface area contributed by atoms with E-state index in [0.29, 0.717) is 12.1 Å². The van der Waals surface area contributed by atoms with Gasteiger partial charge in [0.05, 0.1) is 12.1 Å². The molecule has 0 fully saturated rings. The van der Waals surface area contributed by atoms with Crippen LogP contribution in [0.4, 0.5) is 0 Å². The van der Waals surface area contributed by atoms with Crippen LogP contribution in [-0.4, -0.2) is 35.0 Å². The second-order valence-corrected chi connectivity index (χ2v) is 2.43. The maximum Gasteiger partial charge on any atom is 0.333 e. The summed E-state index contributed by atoms with van der Waals surface area (Å²) in [5.74, 6) is -1.02. The molecular formula is C7H9NO3. The van der Waals surface area contributed by atoms with E-state index >= 15 is 0 Å². The minimum absolute atomic E-state index is 0.0856. The first-order valence-corrected chi connectivity index (χ1v) is 3.29. The van der Waals surface area contributed by atoms with Crippen LogP contribution in [0, 0.1) is 0 Å². The monoisotopic (exact) mass is 155 g/mol. The van der Waals surface area contributed by atoms with Gasteiger partial charge in [0.1, 0.15) is 0 Å². The first-order valence-electron chi connectivity index (χ1n) is 3.29. The summed E-state index contributed by atoms with van der Waals surface area (Å²) in [7, 11) is 0. The molecule has 0 aliphatic carbocycles. The highest BCUT2D eigenvalue weighted by atomic mass is 16.4. The highest BCUT2D eigenvalue weighted by molar-refractivity contribution is 5.89. The molecule has 0 aromatic carbocycles. The summed E-state index contributed by atoms with van der Waals surface area (Å²) in [6.07, 6.45) is 1.56. The number of hydrogen-bond acceptors (Lipinski definition) is 2. The minimum Gasteiger partial charge on any atom is -0.478 e. The number of carboxylic acids is 1.